The molecule has 3 aromatic rings. The van der Waals surface area contributed by atoms with Gasteiger partial charge < -0.3 is 19.2 Å². The third-order valence-electron chi connectivity index (χ3n) is 5.02. The Morgan fingerprint density at radius 3 is 2.52 bits per heavy atom. The molecule has 0 saturated heterocycles. The van der Waals surface area contributed by atoms with Crippen molar-refractivity contribution in [3.63, 3.8) is 0 Å². The van der Waals surface area contributed by atoms with E-state index >= 15 is 0 Å². The first-order valence-electron chi connectivity index (χ1n) is 10.8. The molecule has 1 aromatic heterocycles. The SMILES string of the molecule is COc1ccc(OC)c(CN(Cc2ccc(F)cc2)Cc2nc(C(=O)NCC(C)C)co2)c1. The number of benzene rings is 2. The normalized spacial score (nSPS) is 11.1. The average Bonchev–Trinajstić information content (AvgIpc) is 3.27. The van der Waals surface area contributed by atoms with Crippen LogP contribution in [-0.4, -0.2) is 36.6 Å². The van der Waals surface area contributed by atoms with Crippen LogP contribution in [0.25, 0.3) is 0 Å². The smallest absolute Gasteiger partial charge is 0.273 e. The Morgan fingerprint density at radius 1 is 1.09 bits per heavy atom. The number of ether oxygens (including phenoxy) is 2. The van der Waals surface area contributed by atoms with Crippen LogP contribution >= 0.6 is 0 Å². The van der Waals surface area contributed by atoms with Gasteiger partial charge in [-0.2, -0.15) is 0 Å². The first kappa shape index (κ1) is 24.3. The van der Waals surface area contributed by atoms with Gasteiger partial charge in [-0.15, -0.1) is 0 Å². The third-order valence-corrected chi connectivity index (χ3v) is 5.02. The highest BCUT2D eigenvalue weighted by atomic mass is 19.1. The summed E-state index contributed by atoms with van der Waals surface area (Å²) < 4.78 is 29.9. The molecule has 0 saturated carbocycles. The van der Waals surface area contributed by atoms with Crippen molar-refractivity contribution in [2.45, 2.75) is 33.5 Å². The number of carbonyl (C=O) groups is 1. The summed E-state index contributed by atoms with van der Waals surface area (Å²) in [6.45, 7) is 5.96. The van der Waals surface area contributed by atoms with Gasteiger partial charge >= 0.3 is 0 Å². The number of methoxy groups -OCH3 is 2. The molecule has 0 unspecified atom stereocenters. The molecule has 1 heterocycles. The highest BCUT2D eigenvalue weighted by molar-refractivity contribution is 5.91. The summed E-state index contributed by atoms with van der Waals surface area (Å²) in [5.41, 5.74) is 2.09. The third kappa shape index (κ3) is 7.05. The van der Waals surface area contributed by atoms with E-state index in [0.717, 1.165) is 16.9 Å². The van der Waals surface area contributed by atoms with E-state index < -0.39 is 0 Å². The van der Waals surface area contributed by atoms with Crippen LogP contribution in [0.2, 0.25) is 0 Å². The molecule has 0 atom stereocenters. The lowest BCUT2D eigenvalue weighted by molar-refractivity contribution is 0.0944. The predicted octanol–water partition coefficient (Wildman–Crippen LogP) is 4.42. The molecule has 3 rings (SSSR count). The lowest BCUT2D eigenvalue weighted by atomic mass is 10.1. The molecule has 0 fully saturated rings. The number of amides is 1. The van der Waals surface area contributed by atoms with Crippen LogP contribution < -0.4 is 14.8 Å². The molecule has 0 bridgehead atoms. The summed E-state index contributed by atoms with van der Waals surface area (Å²) in [6, 6.07) is 12.0. The number of nitrogens with zero attached hydrogens (tertiary/aromatic N) is 2. The second-order valence-corrected chi connectivity index (χ2v) is 8.18. The van der Waals surface area contributed by atoms with Crippen LogP contribution in [0.15, 0.2) is 53.1 Å². The number of rotatable bonds is 11. The van der Waals surface area contributed by atoms with Gasteiger partial charge in [0.2, 0.25) is 5.89 Å². The first-order valence-corrected chi connectivity index (χ1v) is 10.8. The number of aromatic nitrogens is 1. The van der Waals surface area contributed by atoms with E-state index in [1.54, 1.807) is 26.4 Å². The number of hydrogen-bond acceptors (Lipinski definition) is 6. The maximum atomic E-state index is 13.4. The monoisotopic (exact) mass is 455 g/mol. The van der Waals surface area contributed by atoms with Gasteiger partial charge in [0.05, 0.1) is 20.8 Å². The lowest BCUT2D eigenvalue weighted by Crippen LogP contribution is -2.27. The first-order chi connectivity index (χ1) is 15.9. The number of hydrogen-bond donors (Lipinski definition) is 1. The van der Waals surface area contributed by atoms with Crippen molar-refractivity contribution >= 4 is 5.91 Å². The molecule has 0 aliphatic rings. The van der Waals surface area contributed by atoms with Crippen molar-refractivity contribution in [3.05, 3.63) is 77.3 Å². The van der Waals surface area contributed by atoms with E-state index in [-0.39, 0.29) is 17.4 Å². The van der Waals surface area contributed by atoms with Crippen molar-refractivity contribution in [2.75, 3.05) is 20.8 Å². The second-order valence-electron chi connectivity index (χ2n) is 8.18. The van der Waals surface area contributed by atoms with Gasteiger partial charge in [-0.25, -0.2) is 9.37 Å². The van der Waals surface area contributed by atoms with E-state index in [2.05, 4.69) is 15.2 Å². The summed E-state index contributed by atoms with van der Waals surface area (Å²) >= 11 is 0. The average molecular weight is 456 g/mol. The Labute approximate surface area is 193 Å². The van der Waals surface area contributed by atoms with Gasteiger partial charge in [0, 0.05) is 25.2 Å². The van der Waals surface area contributed by atoms with E-state index in [4.69, 9.17) is 13.9 Å². The molecular weight excluding hydrogens is 425 g/mol. The Kier molecular flexibility index (Phi) is 8.43. The lowest BCUT2D eigenvalue weighted by Gasteiger charge is -2.22. The van der Waals surface area contributed by atoms with Gasteiger partial charge in [0.25, 0.3) is 5.91 Å². The summed E-state index contributed by atoms with van der Waals surface area (Å²) in [5.74, 6) is 1.63. The maximum absolute atomic E-state index is 13.4. The van der Waals surface area contributed by atoms with E-state index in [0.29, 0.717) is 43.7 Å². The second kappa shape index (κ2) is 11.5. The van der Waals surface area contributed by atoms with E-state index in [9.17, 15) is 9.18 Å². The molecule has 7 nitrogen and oxygen atoms in total. The fourth-order valence-corrected chi connectivity index (χ4v) is 3.33. The number of oxazole rings is 1. The minimum absolute atomic E-state index is 0.242. The van der Waals surface area contributed by atoms with Crippen LogP contribution in [0.1, 0.15) is 41.4 Å². The van der Waals surface area contributed by atoms with Crippen molar-refractivity contribution in [1.82, 2.24) is 15.2 Å². The minimum atomic E-state index is -0.287. The summed E-state index contributed by atoms with van der Waals surface area (Å²) in [5, 5.41) is 2.84. The fraction of sp³-hybridized carbons (Fsp3) is 0.360. The van der Waals surface area contributed by atoms with Crippen LogP contribution in [0.4, 0.5) is 4.39 Å². The van der Waals surface area contributed by atoms with Gasteiger partial charge in [0.15, 0.2) is 5.69 Å². The maximum Gasteiger partial charge on any atom is 0.273 e. The summed E-state index contributed by atoms with van der Waals surface area (Å²) in [4.78, 5) is 18.7. The largest absolute Gasteiger partial charge is 0.497 e. The number of carbonyl (C=O) groups excluding carboxylic acids is 1. The highest BCUT2D eigenvalue weighted by Gasteiger charge is 2.18. The van der Waals surface area contributed by atoms with Crippen LogP contribution in [0, 0.1) is 11.7 Å². The summed E-state index contributed by atoms with van der Waals surface area (Å²) in [6.07, 6.45) is 1.37. The Hall–Kier alpha value is -3.39. The molecule has 1 amide bonds. The zero-order valence-corrected chi connectivity index (χ0v) is 19.4. The van der Waals surface area contributed by atoms with Crippen LogP contribution in [0.3, 0.4) is 0 Å². The van der Waals surface area contributed by atoms with Crippen molar-refractivity contribution < 1.29 is 23.1 Å². The van der Waals surface area contributed by atoms with Crippen LogP contribution in [0.5, 0.6) is 11.5 Å². The molecule has 0 radical (unpaired) electrons. The fourth-order valence-electron chi connectivity index (χ4n) is 3.33. The molecule has 1 N–H and O–H groups in total. The van der Waals surface area contributed by atoms with E-state index in [1.807, 2.05) is 32.0 Å². The van der Waals surface area contributed by atoms with Gasteiger partial charge in [-0.1, -0.05) is 26.0 Å². The quantitative estimate of drug-likeness (QED) is 0.461. The number of halogens is 1. The van der Waals surface area contributed by atoms with Gasteiger partial charge in [-0.05, 0) is 41.8 Å². The molecular formula is C25H30FN3O4. The molecule has 176 valence electrons. The Morgan fingerprint density at radius 2 is 1.85 bits per heavy atom. The summed E-state index contributed by atoms with van der Waals surface area (Å²) in [7, 11) is 3.23. The molecule has 8 heteroatoms. The van der Waals surface area contributed by atoms with Gasteiger partial charge in [-0.3, -0.25) is 9.69 Å². The van der Waals surface area contributed by atoms with Crippen LogP contribution in [-0.2, 0) is 19.6 Å². The Balaban J connectivity index is 1.81. The van der Waals surface area contributed by atoms with Crippen molar-refractivity contribution in [2.24, 2.45) is 5.92 Å². The molecule has 2 aromatic carbocycles. The van der Waals surface area contributed by atoms with Crippen molar-refractivity contribution in [1.29, 1.82) is 0 Å². The zero-order valence-electron chi connectivity index (χ0n) is 19.4. The topological polar surface area (TPSA) is 76.8 Å². The highest BCUT2D eigenvalue weighted by Crippen LogP contribution is 2.26. The molecule has 0 aliphatic heterocycles. The van der Waals surface area contributed by atoms with E-state index in [1.165, 1.54) is 18.4 Å². The minimum Gasteiger partial charge on any atom is -0.497 e. The van der Waals surface area contributed by atoms with Crippen molar-refractivity contribution in [3.8, 4) is 11.5 Å². The molecule has 0 spiro atoms. The number of nitrogens with one attached hydrogen (secondary N) is 1. The molecule has 33 heavy (non-hydrogen) atoms. The Bertz CT molecular complexity index is 1050. The zero-order chi connectivity index (χ0) is 23.8. The molecule has 0 aliphatic carbocycles. The van der Waals surface area contributed by atoms with Gasteiger partial charge in [0.1, 0.15) is 23.6 Å². The predicted molar refractivity (Wildman–Crippen MR) is 123 cm³/mol. The standard InChI is InChI=1S/C25H30FN3O4/c1-17(2)12-27-25(30)22-16-33-24(28-22)15-29(13-18-5-7-20(26)8-6-18)14-19-11-21(31-3)9-10-23(19)32-4/h5-11,16-17H,12-15H2,1-4H3,(H,27,30).